The Hall–Kier alpha value is -2.56. The molecule has 0 aromatic heterocycles. The van der Waals surface area contributed by atoms with Gasteiger partial charge in [0.1, 0.15) is 53.5 Å². The largest absolute Gasteiger partial charge is 0.497 e. The lowest BCUT2D eigenvalue weighted by Crippen LogP contribution is -2.60. The van der Waals surface area contributed by atoms with Crippen LogP contribution in [0.2, 0.25) is 0 Å². The highest BCUT2D eigenvalue weighted by Crippen LogP contribution is 2.52. The second-order valence-electron chi connectivity index (χ2n) is 7.87. The minimum Gasteiger partial charge on any atom is -0.497 e. The van der Waals surface area contributed by atoms with Crippen molar-refractivity contribution in [2.24, 2.45) is 0 Å². The summed E-state index contributed by atoms with van der Waals surface area (Å²) < 4.78 is 28.5. The van der Waals surface area contributed by atoms with E-state index in [0.29, 0.717) is 18.1 Å². The van der Waals surface area contributed by atoms with E-state index in [2.05, 4.69) is 0 Å². The SMILES string of the molecule is COc1ccc2c(c1)OC1c3ccc(O[C@@H]4O[C@H](CO)[C@@H](O)[C@H](O)[C@H]4O)cc3OCC21. The van der Waals surface area contributed by atoms with Crippen LogP contribution < -0.4 is 18.9 Å². The molecule has 9 heteroatoms. The van der Waals surface area contributed by atoms with Gasteiger partial charge in [0.15, 0.2) is 0 Å². The molecule has 3 heterocycles. The molecule has 1 fully saturated rings. The fraction of sp³-hybridized carbons (Fsp3) is 0.455. The van der Waals surface area contributed by atoms with Crippen molar-refractivity contribution < 1.29 is 44.1 Å². The molecule has 7 atom stereocenters. The average Bonchev–Trinajstić information content (AvgIpc) is 3.17. The van der Waals surface area contributed by atoms with Crippen LogP contribution in [0.15, 0.2) is 36.4 Å². The Balaban J connectivity index is 1.36. The van der Waals surface area contributed by atoms with E-state index in [1.165, 1.54) is 0 Å². The number of hydrogen-bond acceptors (Lipinski definition) is 9. The lowest BCUT2D eigenvalue weighted by atomic mass is 9.89. The molecule has 0 radical (unpaired) electrons. The second kappa shape index (κ2) is 7.85. The normalized spacial score (nSPS) is 33.4. The van der Waals surface area contributed by atoms with Gasteiger partial charge in [-0.25, -0.2) is 0 Å². The van der Waals surface area contributed by atoms with Gasteiger partial charge in [0.2, 0.25) is 6.29 Å². The molecule has 3 aliphatic rings. The number of hydrogen-bond donors (Lipinski definition) is 4. The Bertz CT molecular complexity index is 962. The molecule has 9 nitrogen and oxygen atoms in total. The maximum atomic E-state index is 10.2. The molecule has 2 aromatic carbocycles. The molecular weight excluding hydrogens is 408 g/mol. The maximum Gasteiger partial charge on any atom is 0.229 e. The van der Waals surface area contributed by atoms with E-state index in [-0.39, 0.29) is 12.0 Å². The van der Waals surface area contributed by atoms with Crippen molar-refractivity contribution in [1.82, 2.24) is 0 Å². The third kappa shape index (κ3) is 3.38. The highest BCUT2D eigenvalue weighted by Gasteiger charge is 2.45. The minimum atomic E-state index is -1.51. The van der Waals surface area contributed by atoms with Crippen molar-refractivity contribution in [3.05, 3.63) is 47.5 Å². The van der Waals surface area contributed by atoms with Crippen molar-refractivity contribution in [2.45, 2.75) is 42.7 Å². The summed E-state index contributed by atoms with van der Waals surface area (Å²) in [5.41, 5.74) is 1.94. The fourth-order valence-corrected chi connectivity index (χ4v) is 4.32. The summed E-state index contributed by atoms with van der Waals surface area (Å²) in [4.78, 5) is 0. The molecule has 5 rings (SSSR count). The zero-order chi connectivity index (χ0) is 21.7. The summed E-state index contributed by atoms with van der Waals surface area (Å²) >= 11 is 0. The summed E-state index contributed by atoms with van der Waals surface area (Å²) in [6.45, 7) is -0.0929. The molecular formula is C22H24O9. The fourth-order valence-electron chi connectivity index (χ4n) is 4.32. The number of aliphatic hydroxyl groups excluding tert-OH is 4. The second-order valence-corrected chi connectivity index (χ2v) is 7.87. The quantitative estimate of drug-likeness (QED) is 0.546. The lowest BCUT2D eigenvalue weighted by molar-refractivity contribution is -0.277. The van der Waals surface area contributed by atoms with Crippen molar-refractivity contribution in [1.29, 1.82) is 0 Å². The molecule has 166 valence electrons. The van der Waals surface area contributed by atoms with Crippen molar-refractivity contribution in [3.63, 3.8) is 0 Å². The van der Waals surface area contributed by atoms with E-state index >= 15 is 0 Å². The molecule has 0 bridgehead atoms. The summed E-state index contributed by atoms with van der Waals surface area (Å²) in [5, 5.41) is 39.4. The van der Waals surface area contributed by atoms with Crippen LogP contribution in [0.25, 0.3) is 0 Å². The summed E-state index contributed by atoms with van der Waals surface area (Å²) in [5.74, 6) is 2.49. The van der Waals surface area contributed by atoms with E-state index in [4.69, 9.17) is 23.7 Å². The molecule has 2 unspecified atom stereocenters. The monoisotopic (exact) mass is 432 g/mol. The third-order valence-electron chi connectivity index (χ3n) is 6.05. The Morgan fingerprint density at radius 3 is 2.45 bits per heavy atom. The number of aliphatic hydroxyl groups is 4. The van der Waals surface area contributed by atoms with Gasteiger partial charge in [-0.1, -0.05) is 6.07 Å². The first kappa shape index (κ1) is 20.3. The lowest BCUT2D eigenvalue weighted by Gasteiger charge is -2.39. The van der Waals surface area contributed by atoms with E-state index in [9.17, 15) is 20.4 Å². The van der Waals surface area contributed by atoms with Crippen LogP contribution in [-0.4, -0.2) is 71.5 Å². The molecule has 31 heavy (non-hydrogen) atoms. The van der Waals surface area contributed by atoms with Crippen LogP contribution in [-0.2, 0) is 4.74 Å². The van der Waals surface area contributed by atoms with Gasteiger partial charge in [-0.15, -0.1) is 0 Å². The molecule has 0 spiro atoms. The van der Waals surface area contributed by atoms with E-state index in [1.807, 2.05) is 24.3 Å². The molecule has 4 N–H and O–H groups in total. The Kier molecular flexibility index (Phi) is 5.15. The topological polar surface area (TPSA) is 127 Å². The highest BCUT2D eigenvalue weighted by atomic mass is 16.7. The molecule has 2 aromatic rings. The molecule has 1 saturated heterocycles. The zero-order valence-corrected chi connectivity index (χ0v) is 16.7. The first-order chi connectivity index (χ1) is 15.0. The van der Waals surface area contributed by atoms with Crippen LogP contribution in [0, 0.1) is 0 Å². The molecule has 0 aliphatic carbocycles. The standard InChI is InChI=1S/C22H24O9/c1-27-10-2-4-12-14-9-28-15-7-11(3-5-13(15)21(14)30-16(12)6-10)29-22-20(26)19(25)18(24)17(8-23)31-22/h2-7,14,17-26H,8-9H2,1H3/t14?,17-,18-,19+,20-,21?,22-/m1/s1. The Morgan fingerprint density at radius 1 is 0.935 bits per heavy atom. The van der Waals surface area contributed by atoms with Crippen LogP contribution in [0.3, 0.4) is 0 Å². The van der Waals surface area contributed by atoms with Gasteiger partial charge in [0.25, 0.3) is 0 Å². The van der Waals surface area contributed by atoms with Crippen LogP contribution in [0.4, 0.5) is 0 Å². The predicted molar refractivity (Wildman–Crippen MR) is 105 cm³/mol. The Morgan fingerprint density at radius 2 is 1.68 bits per heavy atom. The summed E-state index contributed by atoms with van der Waals surface area (Å²) in [6, 6.07) is 10.9. The number of benzene rings is 2. The average molecular weight is 432 g/mol. The van der Waals surface area contributed by atoms with Crippen LogP contribution >= 0.6 is 0 Å². The first-order valence-corrected chi connectivity index (χ1v) is 10.1. The number of rotatable bonds is 4. The molecule has 3 aliphatic heterocycles. The predicted octanol–water partition coefficient (Wildman–Crippen LogP) is 0.484. The van der Waals surface area contributed by atoms with Gasteiger partial charge in [-0.2, -0.15) is 0 Å². The number of fused-ring (bicyclic) bond motifs is 5. The van der Waals surface area contributed by atoms with Gasteiger partial charge < -0.3 is 44.1 Å². The number of methoxy groups -OCH3 is 1. The van der Waals surface area contributed by atoms with E-state index in [1.54, 1.807) is 19.2 Å². The summed E-state index contributed by atoms with van der Waals surface area (Å²) in [6.07, 6.45) is -6.94. The van der Waals surface area contributed by atoms with E-state index < -0.39 is 37.3 Å². The van der Waals surface area contributed by atoms with Crippen LogP contribution in [0.5, 0.6) is 23.0 Å². The maximum absolute atomic E-state index is 10.2. The van der Waals surface area contributed by atoms with E-state index in [0.717, 1.165) is 22.6 Å². The smallest absolute Gasteiger partial charge is 0.229 e. The van der Waals surface area contributed by atoms with Crippen LogP contribution in [0.1, 0.15) is 23.1 Å². The first-order valence-electron chi connectivity index (χ1n) is 10.1. The van der Waals surface area contributed by atoms with Crippen molar-refractivity contribution in [2.75, 3.05) is 20.3 Å². The summed E-state index contributed by atoms with van der Waals surface area (Å²) in [7, 11) is 1.61. The Labute approximate surface area is 178 Å². The van der Waals surface area contributed by atoms with Gasteiger partial charge in [-0.05, 0) is 18.2 Å². The van der Waals surface area contributed by atoms with Gasteiger partial charge in [0, 0.05) is 23.3 Å². The molecule has 0 saturated carbocycles. The zero-order valence-electron chi connectivity index (χ0n) is 16.7. The minimum absolute atomic E-state index is 0.0608. The molecule has 0 amide bonds. The third-order valence-corrected chi connectivity index (χ3v) is 6.05. The van der Waals surface area contributed by atoms with Gasteiger partial charge >= 0.3 is 0 Å². The van der Waals surface area contributed by atoms with Crippen molar-refractivity contribution in [3.8, 4) is 23.0 Å². The van der Waals surface area contributed by atoms with Gasteiger partial charge in [-0.3, -0.25) is 0 Å². The highest BCUT2D eigenvalue weighted by molar-refractivity contribution is 5.52. The van der Waals surface area contributed by atoms with Crippen molar-refractivity contribution >= 4 is 0 Å². The number of ether oxygens (including phenoxy) is 5. The van der Waals surface area contributed by atoms with Gasteiger partial charge in [0.05, 0.1) is 26.2 Å².